The lowest BCUT2D eigenvalue weighted by molar-refractivity contribution is 0.0714. The monoisotopic (exact) mass is 348 g/mol. The maximum Gasteiger partial charge on any atom is 0.157 e. The predicted octanol–water partition coefficient (Wildman–Crippen LogP) is 2.19. The number of hydrogen-bond acceptors (Lipinski definition) is 6. The molecule has 2 aromatic rings. The zero-order valence-corrected chi connectivity index (χ0v) is 13.8. The van der Waals surface area contributed by atoms with Crippen LogP contribution in [0.1, 0.15) is 30.4 Å². The number of hydrogen-bond donors (Lipinski definition) is 6. The highest BCUT2D eigenvalue weighted by molar-refractivity contribution is 5.41. The van der Waals surface area contributed by atoms with Gasteiger partial charge < -0.3 is 30.6 Å². The Morgan fingerprint density at radius 2 is 1.00 bits per heavy atom. The number of phenolic OH excluding ortho intramolecular Hbond substituents is 4. The van der Waals surface area contributed by atoms with Gasteiger partial charge in [0.15, 0.2) is 23.0 Å². The Labute approximate surface area is 146 Å². The fraction of sp³-hybridized carbons (Fsp3) is 0.368. The first kappa shape index (κ1) is 18.9. The van der Waals surface area contributed by atoms with Gasteiger partial charge in [-0.2, -0.15) is 0 Å². The number of aliphatic hydroxyl groups is 2. The van der Waals surface area contributed by atoms with Crippen LogP contribution in [0.5, 0.6) is 23.0 Å². The fourth-order valence-electron chi connectivity index (χ4n) is 2.67. The van der Waals surface area contributed by atoms with Crippen molar-refractivity contribution in [3.05, 3.63) is 47.5 Å². The number of benzene rings is 2. The van der Waals surface area contributed by atoms with Gasteiger partial charge in [0.25, 0.3) is 0 Å². The first-order valence-corrected chi connectivity index (χ1v) is 8.23. The Kier molecular flexibility index (Phi) is 6.50. The third-order valence-electron chi connectivity index (χ3n) is 4.16. The van der Waals surface area contributed by atoms with Crippen LogP contribution in [-0.4, -0.2) is 42.8 Å². The first-order chi connectivity index (χ1) is 11.8. The number of aryl methyl sites for hydroxylation is 2. The molecule has 0 saturated carbocycles. The van der Waals surface area contributed by atoms with E-state index in [1.807, 2.05) is 0 Å². The van der Waals surface area contributed by atoms with Crippen LogP contribution in [0.15, 0.2) is 36.4 Å². The summed E-state index contributed by atoms with van der Waals surface area (Å²) in [5.74, 6) is -0.742. The average Bonchev–Trinajstić information content (AvgIpc) is 2.57. The molecule has 0 bridgehead atoms. The van der Waals surface area contributed by atoms with Gasteiger partial charge in [-0.05, 0) is 67.5 Å². The van der Waals surface area contributed by atoms with Crippen LogP contribution in [-0.2, 0) is 12.8 Å². The molecule has 0 aliphatic heterocycles. The molecule has 2 aromatic carbocycles. The molecule has 0 spiro atoms. The molecule has 0 heterocycles. The van der Waals surface area contributed by atoms with Gasteiger partial charge in [-0.15, -0.1) is 0 Å². The smallest absolute Gasteiger partial charge is 0.157 e. The van der Waals surface area contributed by atoms with E-state index in [-0.39, 0.29) is 29.4 Å². The van der Waals surface area contributed by atoms with Gasteiger partial charge in [-0.1, -0.05) is 12.1 Å². The minimum absolute atomic E-state index is 0.181. The molecule has 2 atom stereocenters. The summed E-state index contributed by atoms with van der Waals surface area (Å²) in [6, 6.07) is 9.06. The summed E-state index contributed by atoms with van der Waals surface area (Å²) in [5, 5.41) is 57.5. The maximum absolute atomic E-state index is 10.0. The Hall–Kier alpha value is -2.44. The van der Waals surface area contributed by atoms with E-state index in [1.165, 1.54) is 24.3 Å². The van der Waals surface area contributed by atoms with E-state index in [1.54, 1.807) is 12.1 Å². The molecule has 6 N–H and O–H groups in total. The SMILES string of the molecule is Oc1ccc(CC[C@H](O)C[C@@H](O)CCc2ccc(O)c(O)c2)cc1O. The molecule has 0 aliphatic carbocycles. The van der Waals surface area contributed by atoms with Crippen LogP contribution >= 0.6 is 0 Å². The Morgan fingerprint density at radius 1 is 0.600 bits per heavy atom. The van der Waals surface area contributed by atoms with Crippen LogP contribution in [0.25, 0.3) is 0 Å². The second-order valence-corrected chi connectivity index (χ2v) is 6.27. The van der Waals surface area contributed by atoms with E-state index < -0.39 is 12.2 Å². The van der Waals surface area contributed by atoms with E-state index in [0.29, 0.717) is 25.7 Å². The quantitative estimate of drug-likeness (QED) is 0.407. The first-order valence-electron chi connectivity index (χ1n) is 8.23. The van der Waals surface area contributed by atoms with Crippen molar-refractivity contribution in [2.75, 3.05) is 0 Å². The molecule has 6 heteroatoms. The van der Waals surface area contributed by atoms with E-state index >= 15 is 0 Å². The number of aromatic hydroxyl groups is 4. The maximum atomic E-state index is 10.0. The van der Waals surface area contributed by atoms with Gasteiger partial charge in [0, 0.05) is 0 Å². The van der Waals surface area contributed by atoms with Crippen molar-refractivity contribution in [2.45, 2.75) is 44.3 Å². The minimum Gasteiger partial charge on any atom is -0.504 e. The third kappa shape index (κ3) is 5.85. The van der Waals surface area contributed by atoms with Gasteiger partial charge >= 0.3 is 0 Å². The molecule has 0 unspecified atom stereocenters. The van der Waals surface area contributed by atoms with Gasteiger partial charge in [0.2, 0.25) is 0 Å². The molecule has 0 fully saturated rings. The molecular formula is C19H24O6. The molecule has 136 valence electrons. The lowest BCUT2D eigenvalue weighted by Gasteiger charge is -2.16. The van der Waals surface area contributed by atoms with E-state index in [2.05, 4.69) is 0 Å². The number of phenols is 4. The van der Waals surface area contributed by atoms with Crippen LogP contribution in [0, 0.1) is 0 Å². The van der Waals surface area contributed by atoms with Crippen molar-refractivity contribution in [3.8, 4) is 23.0 Å². The highest BCUT2D eigenvalue weighted by atomic mass is 16.3. The molecule has 0 amide bonds. The van der Waals surface area contributed by atoms with Crippen molar-refractivity contribution in [3.63, 3.8) is 0 Å². The van der Waals surface area contributed by atoms with Crippen molar-refractivity contribution >= 4 is 0 Å². The fourth-order valence-corrected chi connectivity index (χ4v) is 2.67. The molecule has 2 rings (SSSR count). The summed E-state index contributed by atoms with van der Waals surface area (Å²) >= 11 is 0. The van der Waals surface area contributed by atoms with Crippen LogP contribution < -0.4 is 0 Å². The molecule has 0 saturated heterocycles. The third-order valence-corrected chi connectivity index (χ3v) is 4.16. The van der Waals surface area contributed by atoms with Crippen molar-refractivity contribution in [1.82, 2.24) is 0 Å². The minimum atomic E-state index is -0.681. The van der Waals surface area contributed by atoms with Crippen LogP contribution in [0.4, 0.5) is 0 Å². The summed E-state index contributed by atoms with van der Waals surface area (Å²) in [6.07, 6.45) is 0.774. The van der Waals surface area contributed by atoms with Crippen molar-refractivity contribution in [2.24, 2.45) is 0 Å². The molecule has 0 aliphatic rings. The van der Waals surface area contributed by atoms with E-state index in [0.717, 1.165) is 11.1 Å². The highest BCUT2D eigenvalue weighted by Crippen LogP contribution is 2.27. The number of aliphatic hydroxyl groups excluding tert-OH is 2. The topological polar surface area (TPSA) is 121 Å². The highest BCUT2D eigenvalue weighted by Gasteiger charge is 2.13. The summed E-state index contributed by atoms with van der Waals surface area (Å²) in [4.78, 5) is 0. The van der Waals surface area contributed by atoms with Gasteiger partial charge in [0.05, 0.1) is 12.2 Å². The Balaban J connectivity index is 1.74. The molecule has 6 nitrogen and oxygen atoms in total. The van der Waals surface area contributed by atoms with E-state index in [9.17, 15) is 30.6 Å². The summed E-state index contributed by atoms with van der Waals surface area (Å²) < 4.78 is 0. The summed E-state index contributed by atoms with van der Waals surface area (Å²) in [6.45, 7) is 0. The second-order valence-electron chi connectivity index (χ2n) is 6.27. The Morgan fingerprint density at radius 3 is 1.36 bits per heavy atom. The summed E-state index contributed by atoms with van der Waals surface area (Å²) in [7, 11) is 0. The van der Waals surface area contributed by atoms with Crippen molar-refractivity contribution in [1.29, 1.82) is 0 Å². The zero-order valence-electron chi connectivity index (χ0n) is 13.8. The molecule has 0 radical (unpaired) electrons. The molecule has 0 aromatic heterocycles. The Bertz CT molecular complexity index is 641. The number of rotatable bonds is 8. The zero-order chi connectivity index (χ0) is 18.4. The standard InChI is InChI=1S/C19H24O6/c20-14(5-1-12-3-7-16(22)18(24)9-12)11-15(21)6-2-13-4-8-17(23)19(25)10-13/h3-4,7-10,14-15,20-25H,1-2,5-6,11H2/t14-,15-/m0/s1. The molecule has 25 heavy (non-hydrogen) atoms. The van der Waals surface area contributed by atoms with E-state index in [4.69, 9.17) is 0 Å². The predicted molar refractivity (Wildman–Crippen MR) is 92.8 cm³/mol. The second kappa shape index (κ2) is 8.60. The summed E-state index contributed by atoms with van der Waals surface area (Å²) in [5.41, 5.74) is 1.59. The van der Waals surface area contributed by atoms with Crippen LogP contribution in [0.3, 0.4) is 0 Å². The average molecular weight is 348 g/mol. The van der Waals surface area contributed by atoms with Gasteiger partial charge in [-0.3, -0.25) is 0 Å². The normalized spacial score (nSPS) is 13.5. The lowest BCUT2D eigenvalue weighted by atomic mass is 9.99. The largest absolute Gasteiger partial charge is 0.504 e. The lowest BCUT2D eigenvalue weighted by Crippen LogP contribution is -2.19. The van der Waals surface area contributed by atoms with Gasteiger partial charge in [-0.25, -0.2) is 0 Å². The van der Waals surface area contributed by atoms with Gasteiger partial charge in [0.1, 0.15) is 0 Å². The molecular weight excluding hydrogens is 324 g/mol. The van der Waals surface area contributed by atoms with Crippen molar-refractivity contribution < 1.29 is 30.6 Å². The van der Waals surface area contributed by atoms with Crippen LogP contribution in [0.2, 0.25) is 0 Å².